The lowest BCUT2D eigenvalue weighted by Gasteiger charge is -2.34. The Hall–Kier alpha value is -3.57. The predicted molar refractivity (Wildman–Crippen MR) is 124 cm³/mol. The lowest BCUT2D eigenvalue weighted by atomic mass is 9.96. The van der Waals surface area contributed by atoms with Gasteiger partial charge in [0, 0.05) is 36.7 Å². The van der Waals surface area contributed by atoms with Crippen molar-refractivity contribution in [3.8, 4) is 0 Å². The van der Waals surface area contributed by atoms with Gasteiger partial charge in [0.1, 0.15) is 17.6 Å². The van der Waals surface area contributed by atoms with Gasteiger partial charge in [-0.05, 0) is 48.4 Å². The summed E-state index contributed by atoms with van der Waals surface area (Å²) in [5.41, 5.74) is 6.07. The van der Waals surface area contributed by atoms with Crippen LogP contribution in [0.5, 0.6) is 0 Å². The second kappa shape index (κ2) is 7.29. The van der Waals surface area contributed by atoms with Crippen molar-refractivity contribution >= 4 is 28.0 Å². The molecule has 3 aromatic heterocycles. The molecule has 4 heterocycles. The molecule has 0 spiro atoms. The molecule has 0 amide bonds. The van der Waals surface area contributed by atoms with Gasteiger partial charge in [-0.3, -0.25) is 4.90 Å². The number of nitrogens with zero attached hydrogens (tertiary/aromatic N) is 3. The van der Waals surface area contributed by atoms with Gasteiger partial charge >= 0.3 is 0 Å². The number of aryl methyl sites for hydroxylation is 1. The van der Waals surface area contributed by atoms with Gasteiger partial charge in [0.15, 0.2) is 0 Å². The summed E-state index contributed by atoms with van der Waals surface area (Å²) in [6, 6.07) is 20.9. The van der Waals surface area contributed by atoms with Crippen molar-refractivity contribution in [2.75, 3.05) is 13.1 Å². The minimum Gasteiger partial charge on any atom is -0.465 e. The number of hydrogen-bond donors (Lipinski definition) is 1. The fraction of sp³-hybridized carbons (Fsp3) is 0.192. The Morgan fingerprint density at radius 3 is 2.84 bits per heavy atom. The molecule has 1 aliphatic heterocycles. The van der Waals surface area contributed by atoms with Gasteiger partial charge in [0.25, 0.3) is 0 Å². The third-order valence-corrected chi connectivity index (χ3v) is 6.37. The van der Waals surface area contributed by atoms with Crippen LogP contribution >= 0.6 is 0 Å². The smallest absolute Gasteiger partial charge is 0.133 e. The number of nitrogens with one attached hydrogen (secondary N) is 1. The Labute approximate surface area is 180 Å². The van der Waals surface area contributed by atoms with Crippen molar-refractivity contribution in [2.24, 2.45) is 7.05 Å². The van der Waals surface area contributed by atoms with Crippen LogP contribution in [-0.4, -0.2) is 32.5 Å². The molecule has 1 unspecified atom stereocenters. The molecule has 0 saturated carbocycles. The normalized spacial score (nSPS) is 17.1. The fourth-order valence-electron chi connectivity index (χ4n) is 4.88. The van der Waals surface area contributed by atoms with Crippen LogP contribution in [-0.2, 0) is 13.5 Å². The van der Waals surface area contributed by atoms with E-state index < -0.39 is 0 Å². The second-order valence-electron chi connectivity index (χ2n) is 8.15. The van der Waals surface area contributed by atoms with E-state index in [1.54, 1.807) is 6.26 Å². The van der Waals surface area contributed by atoms with Crippen LogP contribution in [0.2, 0.25) is 0 Å². The van der Waals surface area contributed by atoms with Gasteiger partial charge in [-0.25, -0.2) is 4.98 Å². The van der Waals surface area contributed by atoms with Crippen LogP contribution in [0, 0.1) is 0 Å². The van der Waals surface area contributed by atoms with E-state index in [1.165, 1.54) is 22.2 Å². The van der Waals surface area contributed by atoms with Crippen LogP contribution in [0.4, 0.5) is 0 Å². The first-order valence-corrected chi connectivity index (χ1v) is 10.7. The highest BCUT2D eigenvalue weighted by atomic mass is 16.3. The number of benzene rings is 2. The second-order valence-corrected chi connectivity index (χ2v) is 8.15. The SMILES string of the molecule is Cn1c(C2c3[nH]c4ccccc4c3CCN2C/C=C/c2ccco2)nc2ccccc21. The van der Waals surface area contributed by atoms with E-state index in [2.05, 4.69) is 76.1 Å². The number of aromatic nitrogens is 3. The third kappa shape index (κ3) is 3.01. The molecule has 6 rings (SSSR count). The Kier molecular flexibility index (Phi) is 4.28. The van der Waals surface area contributed by atoms with E-state index in [1.807, 2.05) is 18.2 Å². The number of H-pyrrole nitrogens is 1. The van der Waals surface area contributed by atoms with Crippen LogP contribution in [0.15, 0.2) is 77.4 Å². The van der Waals surface area contributed by atoms with Gasteiger partial charge < -0.3 is 14.0 Å². The summed E-state index contributed by atoms with van der Waals surface area (Å²) >= 11 is 0. The highest BCUT2D eigenvalue weighted by molar-refractivity contribution is 5.85. The highest BCUT2D eigenvalue weighted by Gasteiger charge is 2.34. The number of para-hydroxylation sites is 3. The molecule has 154 valence electrons. The maximum Gasteiger partial charge on any atom is 0.133 e. The summed E-state index contributed by atoms with van der Waals surface area (Å²) < 4.78 is 7.70. The Bertz CT molecular complexity index is 1390. The van der Waals surface area contributed by atoms with Gasteiger partial charge in [-0.15, -0.1) is 0 Å². The van der Waals surface area contributed by atoms with E-state index in [9.17, 15) is 0 Å². The predicted octanol–water partition coefficient (Wildman–Crippen LogP) is 5.31. The summed E-state index contributed by atoms with van der Waals surface area (Å²) in [5.74, 6) is 1.95. The molecule has 0 saturated heterocycles. The number of imidazole rings is 1. The van der Waals surface area contributed by atoms with Crippen LogP contribution in [0.1, 0.15) is 28.9 Å². The van der Waals surface area contributed by atoms with E-state index >= 15 is 0 Å². The van der Waals surface area contributed by atoms with Crippen LogP contribution in [0.3, 0.4) is 0 Å². The van der Waals surface area contributed by atoms with E-state index in [0.717, 1.165) is 42.1 Å². The maximum atomic E-state index is 5.46. The number of furan rings is 1. The molecule has 0 radical (unpaired) electrons. The lowest BCUT2D eigenvalue weighted by Crippen LogP contribution is -2.37. The number of rotatable bonds is 4. The fourth-order valence-corrected chi connectivity index (χ4v) is 4.88. The Balaban J connectivity index is 1.47. The molecule has 1 N–H and O–H groups in total. The van der Waals surface area contributed by atoms with Crippen molar-refractivity contribution in [3.63, 3.8) is 0 Å². The Morgan fingerprint density at radius 1 is 1.10 bits per heavy atom. The van der Waals surface area contributed by atoms with Gasteiger partial charge in [-0.2, -0.15) is 0 Å². The van der Waals surface area contributed by atoms with Gasteiger partial charge in [0.2, 0.25) is 0 Å². The van der Waals surface area contributed by atoms with E-state index in [4.69, 9.17) is 9.40 Å². The molecular formula is C26H24N4O. The maximum absolute atomic E-state index is 5.46. The van der Waals surface area contributed by atoms with Crippen LogP contribution < -0.4 is 0 Å². The first-order valence-electron chi connectivity index (χ1n) is 10.7. The average molecular weight is 409 g/mol. The van der Waals surface area contributed by atoms with Crippen molar-refractivity contribution in [1.82, 2.24) is 19.4 Å². The van der Waals surface area contributed by atoms with E-state index in [-0.39, 0.29) is 6.04 Å². The minimum atomic E-state index is 0.0646. The molecule has 1 atom stereocenters. The van der Waals surface area contributed by atoms with Crippen molar-refractivity contribution < 1.29 is 4.42 Å². The highest BCUT2D eigenvalue weighted by Crippen LogP contribution is 2.38. The summed E-state index contributed by atoms with van der Waals surface area (Å²) in [7, 11) is 2.12. The topological polar surface area (TPSA) is 50.0 Å². The summed E-state index contributed by atoms with van der Waals surface area (Å²) in [4.78, 5) is 11.3. The molecule has 5 aromatic rings. The largest absolute Gasteiger partial charge is 0.465 e. The van der Waals surface area contributed by atoms with Crippen LogP contribution in [0.25, 0.3) is 28.0 Å². The van der Waals surface area contributed by atoms with Crippen molar-refractivity contribution in [3.05, 3.63) is 95.8 Å². The van der Waals surface area contributed by atoms with Gasteiger partial charge in [-0.1, -0.05) is 36.4 Å². The van der Waals surface area contributed by atoms with Crippen molar-refractivity contribution in [2.45, 2.75) is 12.5 Å². The monoisotopic (exact) mass is 408 g/mol. The summed E-state index contributed by atoms with van der Waals surface area (Å²) in [5, 5.41) is 1.33. The summed E-state index contributed by atoms with van der Waals surface area (Å²) in [6.07, 6.45) is 6.96. The lowest BCUT2D eigenvalue weighted by molar-refractivity contribution is 0.224. The third-order valence-electron chi connectivity index (χ3n) is 6.37. The first kappa shape index (κ1) is 18.2. The van der Waals surface area contributed by atoms with Crippen molar-refractivity contribution in [1.29, 1.82) is 0 Å². The molecule has 0 aliphatic carbocycles. The average Bonchev–Trinajstić information content (AvgIpc) is 3.52. The standard InChI is InChI=1S/C26H24N4O/c1-29-23-13-5-4-12-22(23)28-26(29)25-24-20(19-10-2-3-11-21(19)27-24)14-16-30(25)15-6-8-18-9-7-17-31-18/h2-13,17,25,27H,14-16H2,1H3/b8-6+. The molecule has 31 heavy (non-hydrogen) atoms. The quantitative estimate of drug-likeness (QED) is 0.438. The molecule has 5 heteroatoms. The molecule has 2 aromatic carbocycles. The zero-order valence-corrected chi connectivity index (χ0v) is 17.5. The zero-order chi connectivity index (χ0) is 20.8. The molecule has 5 nitrogen and oxygen atoms in total. The molecular weight excluding hydrogens is 384 g/mol. The zero-order valence-electron chi connectivity index (χ0n) is 17.5. The first-order chi connectivity index (χ1) is 15.3. The number of hydrogen-bond acceptors (Lipinski definition) is 3. The number of aromatic amines is 1. The summed E-state index contributed by atoms with van der Waals surface area (Å²) in [6.45, 7) is 1.80. The minimum absolute atomic E-state index is 0.0646. The molecule has 0 bridgehead atoms. The molecule has 1 aliphatic rings. The van der Waals surface area contributed by atoms with E-state index in [0.29, 0.717) is 0 Å². The Morgan fingerprint density at radius 2 is 1.97 bits per heavy atom. The molecule has 0 fully saturated rings. The number of fused-ring (bicyclic) bond motifs is 4. The van der Waals surface area contributed by atoms with Gasteiger partial charge in [0.05, 0.1) is 17.3 Å².